The maximum atomic E-state index is 13.2. The summed E-state index contributed by atoms with van der Waals surface area (Å²) in [5.41, 5.74) is 5.60. The van der Waals surface area contributed by atoms with Crippen molar-refractivity contribution < 1.29 is 12.8 Å². The molecule has 2 aromatic rings. The number of nitrogens with one attached hydrogen (secondary N) is 1. The van der Waals surface area contributed by atoms with Crippen LogP contribution in [-0.4, -0.2) is 15.0 Å². The summed E-state index contributed by atoms with van der Waals surface area (Å²) >= 11 is 4.33. The Morgan fingerprint density at radius 2 is 2.05 bits per heavy atom. The lowest BCUT2D eigenvalue weighted by molar-refractivity contribution is 0.603. The highest BCUT2D eigenvalue weighted by Gasteiger charge is 2.18. The van der Waals surface area contributed by atoms with Crippen LogP contribution in [0.1, 0.15) is 4.88 Å². The van der Waals surface area contributed by atoms with Crippen LogP contribution in [0.25, 0.3) is 0 Å². The van der Waals surface area contributed by atoms with Gasteiger partial charge in [0.1, 0.15) is 10.0 Å². The van der Waals surface area contributed by atoms with E-state index in [9.17, 15) is 12.8 Å². The predicted octanol–water partition coefficient (Wildman–Crippen LogP) is 2.95. The number of hydrogen-bond acceptors (Lipinski definition) is 4. The summed E-state index contributed by atoms with van der Waals surface area (Å²) in [6, 6.07) is 7.06. The molecule has 4 nitrogen and oxygen atoms in total. The zero-order valence-corrected chi connectivity index (χ0v) is 13.5. The maximum absolute atomic E-state index is 13.2. The minimum absolute atomic E-state index is 0.166. The second kappa shape index (κ2) is 6.21. The summed E-state index contributed by atoms with van der Waals surface area (Å²) in [5, 5.41) is 0. The predicted molar refractivity (Wildman–Crippen MR) is 82.0 cm³/mol. The molecule has 0 bridgehead atoms. The lowest BCUT2D eigenvalue weighted by atomic mass is 10.3. The Hall–Kier alpha value is -0.960. The Labute approximate surface area is 129 Å². The molecule has 1 aromatic heterocycles. The van der Waals surface area contributed by atoms with Gasteiger partial charge in [0.15, 0.2) is 0 Å². The van der Waals surface area contributed by atoms with Gasteiger partial charge in [-0.1, -0.05) is 0 Å². The number of halogens is 2. The van der Waals surface area contributed by atoms with Gasteiger partial charge in [0, 0.05) is 9.35 Å². The first-order valence-electron chi connectivity index (χ1n) is 5.69. The van der Waals surface area contributed by atoms with Crippen LogP contribution in [-0.2, 0) is 16.4 Å². The summed E-state index contributed by atoms with van der Waals surface area (Å²) in [5.74, 6) is -0.513. The van der Waals surface area contributed by atoms with Crippen molar-refractivity contribution in [1.29, 1.82) is 0 Å². The summed E-state index contributed by atoms with van der Waals surface area (Å²) in [6.45, 7) is 0.461. The lowest BCUT2D eigenvalue weighted by Gasteiger charge is -2.08. The molecule has 0 radical (unpaired) electrons. The molecule has 0 unspecified atom stereocenters. The van der Waals surface area contributed by atoms with Gasteiger partial charge in [-0.05, 0) is 59.2 Å². The third kappa shape index (κ3) is 3.57. The first-order valence-corrected chi connectivity index (χ1v) is 8.78. The van der Waals surface area contributed by atoms with Crippen molar-refractivity contribution in [3.8, 4) is 0 Å². The fourth-order valence-electron chi connectivity index (χ4n) is 1.55. The molecular weight excluding hydrogens is 367 g/mol. The quantitative estimate of drug-likeness (QED) is 0.839. The van der Waals surface area contributed by atoms with Gasteiger partial charge in [-0.25, -0.2) is 12.8 Å². The van der Waals surface area contributed by atoms with Crippen molar-refractivity contribution in [1.82, 2.24) is 0 Å². The maximum Gasteiger partial charge on any atom is 0.271 e. The van der Waals surface area contributed by atoms with E-state index >= 15 is 0 Å². The molecule has 1 aromatic carbocycles. The zero-order valence-electron chi connectivity index (χ0n) is 10.3. The van der Waals surface area contributed by atoms with Crippen LogP contribution in [0.4, 0.5) is 10.1 Å². The molecule has 2 rings (SSSR count). The molecule has 0 aliphatic rings. The fraction of sp³-hybridized carbons (Fsp3) is 0.167. The monoisotopic (exact) mass is 378 g/mol. The van der Waals surface area contributed by atoms with E-state index in [-0.39, 0.29) is 9.90 Å². The third-order valence-corrected chi connectivity index (χ3v) is 6.16. The highest BCUT2D eigenvalue weighted by atomic mass is 79.9. The highest BCUT2D eigenvalue weighted by Crippen LogP contribution is 2.28. The second-order valence-corrected chi connectivity index (χ2v) is 7.92. The molecule has 0 amide bonds. The minimum Gasteiger partial charge on any atom is -0.330 e. The van der Waals surface area contributed by atoms with Crippen LogP contribution < -0.4 is 10.5 Å². The normalized spacial score (nSPS) is 11.6. The van der Waals surface area contributed by atoms with E-state index < -0.39 is 15.8 Å². The van der Waals surface area contributed by atoms with Gasteiger partial charge in [-0.2, -0.15) is 0 Å². The van der Waals surface area contributed by atoms with Crippen LogP contribution in [0.3, 0.4) is 0 Å². The van der Waals surface area contributed by atoms with Crippen LogP contribution in [0.5, 0.6) is 0 Å². The smallest absolute Gasteiger partial charge is 0.271 e. The van der Waals surface area contributed by atoms with Crippen molar-refractivity contribution >= 4 is 43.0 Å². The van der Waals surface area contributed by atoms with E-state index in [2.05, 4.69) is 20.7 Å². The molecule has 8 heteroatoms. The molecule has 0 spiro atoms. The van der Waals surface area contributed by atoms with Gasteiger partial charge < -0.3 is 5.73 Å². The molecule has 3 N–H and O–H groups in total. The number of hydrogen-bond donors (Lipinski definition) is 2. The van der Waals surface area contributed by atoms with Gasteiger partial charge in [0.05, 0.1) is 5.69 Å². The number of sulfonamides is 1. The summed E-state index contributed by atoms with van der Waals surface area (Å²) < 4.78 is 40.6. The van der Waals surface area contributed by atoms with E-state index in [1.54, 1.807) is 6.07 Å². The molecule has 0 aliphatic heterocycles. The van der Waals surface area contributed by atoms with Crippen LogP contribution >= 0.6 is 27.3 Å². The van der Waals surface area contributed by atoms with Gasteiger partial charge in [0.2, 0.25) is 0 Å². The van der Waals surface area contributed by atoms with E-state index in [0.717, 1.165) is 22.3 Å². The number of thiophene rings is 1. The Bertz CT molecular complexity index is 716. The number of nitrogens with two attached hydrogens (primary N) is 1. The summed E-state index contributed by atoms with van der Waals surface area (Å²) in [7, 11) is -3.72. The van der Waals surface area contributed by atoms with E-state index in [1.165, 1.54) is 18.2 Å². The van der Waals surface area contributed by atoms with Gasteiger partial charge in [0.25, 0.3) is 10.0 Å². The van der Waals surface area contributed by atoms with Crippen LogP contribution in [0, 0.1) is 5.82 Å². The SMILES string of the molecule is NCCc1ccc(S(=O)(=O)Nc2cc(F)ccc2Br)s1. The highest BCUT2D eigenvalue weighted by molar-refractivity contribution is 9.10. The van der Waals surface area contributed by atoms with Gasteiger partial charge >= 0.3 is 0 Å². The van der Waals surface area contributed by atoms with E-state index in [0.29, 0.717) is 17.4 Å². The third-order valence-electron chi connectivity index (χ3n) is 2.47. The second-order valence-electron chi connectivity index (χ2n) is 3.99. The number of benzene rings is 1. The molecular formula is C12H12BrFN2O2S2. The van der Waals surface area contributed by atoms with E-state index in [4.69, 9.17) is 5.73 Å². The first-order chi connectivity index (χ1) is 9.42. The Morgan fingerprint density at radius 1 is 1.30 bits per heavy atom. The lowest BCUT2D eigenvalue weighted by Crippen LogP contribution is -2.12. The topological polar surface area (TPSA) is 72.2 Å². The largest absolute Gasteiger partial charge is 0.330 e. The van der Waals surface area contributed by atoms with E-state index in [1.807, 2.05) is 0 Å². The number of rotatable bonds is 5. The van der Waals surface area contributed by atoms with Crippen LogP contribution in [0.15, 0.2) is 39.0 Å². The Kier molecular flexibility index (Phi) is 4.79. The van der Waals surface area contributed by atoms with Crippen LogP contribution in [0.2, 0.25) is 0 Å². The molecule has 0 aliphatic carbocycles. The summed E-state index contributed by atoms with van der Waals surface area (Å²) in [6.07, 6.45) is 0.629. The molecule has 0 fully saturated rings. The molecule has 0 atom stereocenters. The first kappa shape index (κ1) is 15.4. The van der Waals surface area contributed by atoms with Crippen molar-refractivity contribution in [2.45, 2.75) is 10.6 Å². The minimum atomic E-state index is -3.72. The van der Waals surface area contributed by atoms with Gasteiger partial charge in [-0.3, -0.25) is 4.72 Å². The van der Waals surface area contributed by atoms with Crippen molar-refractivity contribution in [3.63, 3.8) is 0 Å². The van der Waals surface area contributed by atoms with Crippen molar-refractivity contribution in [2.75, 3.05) is 11.3 Å². The zero-order chi connectivity index (χ0) is 14.8. The fourth-order valence-corrected chi connectivity index (χ4v) is 4.47. The van der Waals surface area contributed by atoms with Crippen molar-refractivity contribution in [3.05, 3.63) is 45.5 Å². The molecule has 108 valence electrons. The Morgan fingerprint density at radius 3 is 2.75 bits per heavy atom. The molecule has 20 heavy (non-hydrogen) atoms. The standard InChI is InChI=1S/C12H12BrFN2O2S2/c13-10-3-1-8(14)7-11(10)16-20(17,18)12-4-2-9(19-12)5-6-15/h1-4,7,16H,5-6,15H2. The molecule has 0 saturated heterocycles. The molecule has 0 saturated carbocycles. The number of anilines is 1. The average molecular weight is 379 g/mol. The van der Waals surface area contributed by atoms with Crippen molar-refractivity contribution in [2.24, 2.45) is 5.73 Å². The summed E-state index contributed by atoms with van der Waals surface area (Å²) in [4.78, 5) is 0.895. The van der Waals surface area contributed by atoms with Gasteiger partial charge in [-0.15, -0.1) is 11.3 Å². The average Bonchev–Trinajstić information content (AvgIpc) is 2.83. The Balaban J connectivity index is 2.28. The molecule has 1 heterocycles.